The van der Waals surface area contributed by atoms with E-state index in [9.17, 15) is 9.59 Å². The summed E-state index contributed by atoms with van der Waals surface area (Å²) >= 11 is 0. The van der Waals surface area contributed by atoms with Gasteiger partial charge in [0.15, 0.2) is 0 Å². The smallest absolute Gasteiger partial charge is 0.338 e. The summed E-state index contributed by atoms with van der Waals surface area (Å²) in [6.45, 7) is 3.64. The van der Waals surface area contributed by atoms with Crippen molar-refractivity contribution in [1.29, 1.82) is 0 Å². The van der Waals surface area contributed by atoms with Crippen LogP contribution in [0.25, 0.3) is 6.08 Å². The largest absolute Gasteiger partial charge is 0.458 e. The van der Waals surface area contributed by atoms with Crippen LogP contribution in [0.4, 0.5) is 0 Å². The molecule has 1 aromatic carbocycles. The number of hydrogen-bond acceptors (Lipinski definition) is 3. The van der Waals surface area contributed by atoms with Crippen molar-refractivity contribution >= 4 is 18.3 Å². The number of allylic oxidation sites excluding steroid dienone is 1. The molecule has 0 bridgehead atoms. The summed E-state index contributed by atoms with van der Waals surface area (Å²) < 4.78 is 4.89. The van der Waals surface area contributed by atoms with Gasteiger partial charge in [0.05, 0.1) is 5.56 Å². The molecular weight excluding hydrogens is 204 g/mol. The van der Waals surface area contributed by atoms with Gasteiger partial charge in [-0.05, 0) is 23.8 Å². The summed E-state index contributed by atoms with van der Waals surface area (Å²) in [4.78, 5) is 21.6. The van der Waals surface area contributed by atoms with Crippen LogP contribution >= 0.6 is 0 Å². The Morgan fingerprint density at radius 3 is 2.94 bits per heavy atom. The predicted molar refractivity (Wildman–Crippen MR) is 62.0 cm³/mol. The van der Waals surface area contributed by atoms with Gasteiger partial charge in [-0.3, -0.25) is 4.79 Å². The summed E-state index contributed by atoms with van der Waals surface area (Å²) in [5.74, 6) is -0.402. The van der Waals surface area contributed by atoms with E-state index in [2.05, 4.69) is 6.58 Å². The van der Waals surface area contributed by atoms with E-state index in [4.69, 9.17) is 4.74 Å². The molecule has 0 aliphatic carbocycles. The average molecular weight is 216 g/mol. The second-order valence-electron chi connectivity index (χ2n) is 3.01. The zero-order valence-electron chi connectivity index (χ0n) is 8.76. The van der Waals surface area contributed by atoms with Crippen LogP contribution in [0, 0.1) is 0 Å². The molecule has 0 aliphatic heterocycles. The highest BCUT2D eigenvalue weighted by Gasteiger charge is 2.05. The summed E-state index contributed by atoms with van der Waals surface area (Å²) in [5, 5.41) is 0. The molecule has 0 fully saturated rings. The number of hydrogen-bond donors (Lipinski definition) is 0. The van der Waals surface area contributed by atoms with Gasteiger partial charge in [0.1, 0.15) is 12.9 Å². The van der Waals surface area contributed by atoms with E-state index >= 15 is 0 Å². The topological polar surface area (TPSA) is 43.4 Å². The maximum atomic E-state index is 11.5. The van der Waals surface area contributed by atoms with Crippen molar-refractivity contribution in [3.63, 3.8) is 0 Å². The quantitative estimate of drug-likeness (QED) is 0.328. The van der Waals surface area contributed by atoms with Crippen LogP contribution < -0.4 is 0 Å². The van der Waals surface area contributed by atoms with Crippen LogP contribution in [0.5, 0.6) is 0 Å². The number of aldehydes is 1. The lowest BCUT2D eigenvalue weighted by Crippen LogP contribution is -2.04. The molecule has 0 aliphatic rings. The van der Waals surface area contributed by atoms with Crippen molar-refractivity contribution in [2.24, 2.45) is 0 Å². The molecule has 0 N–H and O–H groups in total. The van der Waals surface area contributed by atoms with Crippen molar-refractivity contribution in [3.05, 3.63) is 54.1 Å². The first kappa shape index (κ1) is 11.9. The lowest BCUT2D eigenvalue weighted by atomic mass is 10.1. The van der Waals surface area contributed by atoms with Crippen molar-refractivity contribution in [1.82, 2.24) is 0 Å². The highest BCUT2D eigenvalue weighted by molar-refractivity contribution is 5.90. The van der Waals surface area contributed by atoms with Crippen LogP contribution in [0.1, 0.15) is 15.9 Å². The Hall–Kier alpha value is -2.16. The molecule has 3 heteroatoms. The summed E-state index contributed by atoms with van der Waals surface area (Å²) in [6, 6.07) is 6.84. The van der Waals surface area contributed by atoms with Crippen molar-refractivity contribution in [3.8, 4) is 0 Å². The van der Waals surface area contributed by atoms with Crippen molar-refractivity contribution in [2.75, 3.05) is 6.61 Å². The Bertz CT molecular complexity index is 419. The number of carbonyl (C=O) groups is 2. The molecule has 3 nitrogen and oxygen atoms in total. The molecule has 0 spiro atoms. The Morgan fingerprint density at radius 1 is 1.44 bits per heavy atom. The molecule has 0 heterocycles. The Balaban J connectivity index is 2.80. The zero-order valence-corrected chi connectivity index (χ0v) is 8.76. The highest BCUT2D eigenvalue weighted by Crippen LogP contribution is 2.08. The van der Waals surface area contributed by atoms with Gasteiger partial charge in [-0.25, -0.2) is 4.79 Å². The van der Waals surface area contributed by atoms with Gasteiger partial charge in [-0.2, -0.15) is 0 Å². The molecule has 1 rings (SSSR count). The standard InChI is InChI=1S/C13H12O3/c1-2-9-16-13(15)12-7-3-5-11(10-12)6-4-8-14/h2-8,10H,1,9H2/b6-4+. The van der Waals surface area contributed by atoms with Gasteiger partial charge in [-0.15, -0.1) is 0 Å². The fraction of sp³-hybridized carbons (Fsp3) is 0.0769. The molecular formula is C13H12O3. The normalized spacial score (nSPS) is 10.0. The Morgan fingerprint density at radius 2 is 2.25 bits per heavy atom. The molecule has 0 atom stereocenters. The van der Waals surface area contributed by atoms with E-state index in [0.29, 0.717) is 11.8 Å². The second kappa shape index (κ2) is 6.35. The van der Waals surface area contributed by atoms with Gasteiger partial charge in [0.2, 0.25) is 0 Å². The maximum Gasteiger partial charge on any atom is 0.338 e. The highest BCUT2D eigenvalue weighted by atomic mass is 16.5. The summed E-state index contributed by atoms with van der Waals surface area (Å²) in [6.07, 6.45) is 5.18. The third kappa shape index (κ3) is 3.53. The molecule has 0 unspecified atom stereocenters. The first-order valence-corrected chi connectivity index (χ1v) is 4.78. The molecule has 0 radical (unpaired) electrons. The van der Waals surface area contributed by atoms with E-state index in [1.807, 2.05) is 0 Å². The lowest BCUT2D eigenvalue weighted by Gasteiger charge is -2.02. The van der Waals surface area contributed by atoms with E-state index in [0.717, 1.165) is 5.56 Å². The third-order valence-electron chi connectivity index (χ3n) is 1.82. The van der Waals surface area contributed by atoms with Crippen LogP contribution in [-0.4, -0.2) is 18.9 Å². The monoisotopic (exact) mass is 216 g/mol. The minimum absolute atomic E-state index is 0.188. The summed E-state index contributed by atoms with van der Waals surface area (Å²) in [7, 11) is 0. The molecule has 82 valence electrons. The Labute approximate surface area is 94.0 Å². The fourth-order valence-electron chi connectivity index (χ4n) is 1.14. The molecule has 0 saturated heterocycles. The molecule has 1 aromatic rings. The predicted octanol–water partition coefficient (Wildman–Crippen LogP) is 2.24. The lowest BCUT2D eigenvalue weighted by molar-refractivity contribution is -0.104. The first-order chi connectivity index (χ1) is 7.77. The number of carbonyl (C=O) groups excluding carboxylic acids is 2. The van der Waals surface area contributed by atoms with E-state index < -0.39 is 5.97 Å². The minimum atomic E-state index is -0.402. The molecule has 0 aromatic heterocycles. The van der Waals surface area contributed by atoms with E-state index in [1.165, 1.54) is 12.2 Å². The third-order valence-corrected chi connectivity index (χ3v) is 1.82. The van der Waals surface area contributed by atoms with Gasteiger partial charge < -0.3 is 4.74 Å². The minimum Gasteiger partial charge on any atom is -0.458 e. The number of ether oxygens (including phenoxy) is 1. The van der Waals surface area contributed by atoms with Crippen LogP contribution in [0.3, 0.4) is 0 Å². The van der Waals surface area contributed by atoms with E-state index in [1.54, 1.807) is 30.3 Å². The average Bonchev–Trinajstić information content (AvgIpc) is 2.33. The van der Waals surface area contributed by atoms with E-state index in [-0.39, 0.29) is 6.61 Å². The van der Waals surface area contributed by atoms with Crippen LogP contribution in [0.2, 0.25) is 0 Å². The molecule has 16 heavy (non-hydrogen) atoms. The number of esters is 1. The number of rotatable bonds is 5. The van der Waals surface area contributed by atoms with Gasteiger partial charge >= 0.3 is 5.97 Å². The SMILES string of the molecule is C=CCOC(=O)c1cccc(/C=C/C=O)c1. The second-order valence-corrected chi connectivity index (χ2v) is 3.01. The Kier molecular flexibility index (Phi) is 4.73. The first-order valence-electron chi connectivity index (χ1n) is 4.78. The van der Waals surface area contributed by atoms with Gasteiger partial charge in [0, 0.05) is 0 Å². The zero-order chi connectivity index (χ0) is 11.8. The number of benzene rings is 1. The van der Waals surface area contributed by atoms with Crippen LogP contribution in [-0.2, 0) is 9.53 Å². The van der Waals surface area contributed by atoms with Gasteiger partial charge in [0.25, 0.3) is 0 Å². The van der Waals surface area contributed by atoms with Crippen molar-refractivity contribution in [2.45, 2.75) is 0 Å². The molecule has 0 amide bonds. The molecule has 0 saturated carbocycles. The fourth-order valence-corrected chi connectivity index (χ4v) is 1.14. The maximum absolute atomic E-state index is 11.5. The van der Waals surface area contributed by atoms with Gasteiger partial charge in [-0.1, -0.05) is 30.9 Å². The van der Waals surface area contributed by atoms with Crippen molar-refractivity contribution < 1.29 is 14.3 Å². The summed E-state index contributed by atoms with van der Waals surface area (Å²) in [5.41, 5.74) is 1.23. The van der Waals surface area contributed by atoms with Crippen LogP contribution in [0.15, 0.2) is 43.0 Å².